The second kappa shape index (κ2) is 10.1. The number of amides is 2. The van der Waals surface area contributed by atoms with Gasteiger partial charge in [-0.15, -0.1) is 13.2 Å². The number of hydrogen-bond donors (Lipinski definition) is 1. The number of benzene rings is 2. The summed E-state index contributed by atoms with van der Waals surface area (Å²) in [6, 6.07) is 5.86. The third-order valence-electron chi connectivity index (χ3n) is 4.88. The van der Waals surface area contributed by atoms with Gasteiger partial charge in [-0.05, 0) is 49.4 Å². The molecule has 0 fully saturated rings. The lowest BCUT2D eigenvalue weighted by molar-refractivity contribution is -0.274. The van der Waals surface area contributed by atoms with E-state index in [1.54, 1.807) is 6.92 Å². The number of sulfonamides is 1. The number of carbonyl (C=O) groups excluding carboxylic acids is 2. The normalized spacial score (nSPS) is 14.6. The van der Waals surface area contributed by atoms with Gasteiger partial charge in [-0.3, -0.25) is 14.3 Å². The predicted octanol–water partition coefficient (Wildman–Crippen LogP) is 5.26. The molecule has 0 atom stereocenters. The summed E-state index contributed by atoms with van der Waals surface area (Å²) >= 11 is 6.18. The number of hydrogen-bond acceptors (Lipinski definition) is 6. The monoisotopic (exact) mass is 542 g/mol. The van der Waals surface area contributed by atoms with Crippen LogP contribution in [0.5, 0.6) is 5.75 Å². The van der Waals surface area contributed by atoms with Crippen LogP contribution in [0.25, 0.3) is 0 Å². The maximum Gasteiger partial charge on any atom is 0.573 e. The van der Waals surface area contributed by atoms with Crippen LogP contribution in [-0.2, 0) is 14.8 Å². The van der Waals surface area contributed by atoms with Crippen LogP contribution < -0.4 is 9.46 Å². The fourth-order valence-electron chi connectivity index (χ4n) is 3.29. The lowest BCUT2D eigenvalue weighted by Gasteiger charge is -2.16. The highest BCUT2D eigenvalue weighted by atomic mass is 35.5. The summed E-state index contributed by atoms with van der Waals surface area (Å²) in [5.41, 5.74) is -0.636. The number of anilines is 1. The van der Waals surface area contributed by atoms with Gasteiger partial charge in [0, 0.05) is 6.08 Å². The molecule has 0 saturated carbocycles. The first-order valence-electron chi connectivity index (χ1n) is 9.97. The number of fused-ring (bicyclic) bond motifs is 1. The molecule has 0 saturated heterocycles. The molecular formula is C23H18ClF3N2O6S. The molecule has 0 bridgehead atoms. The number of nitrogens with one attached hydrogen (secondary N) is 1. The highest BCUT2D eigenvalue weighted by Gasteiger charge is 2.41. The SMILES string of the molecule is C=C/C(=C\C(=C/C)N1C(=O)c2c(Cl)ccc(NS(=O)(=O)c3ccc(OC(F)(F)F)cc3)c2C1=O)OC. The van der Waals surface area contributed by atoms with Crippen molar-refractivity contribution in [2.75, 3.05) is 11.8 Å². The molecular weight excluding hydrogens is 525 g/mol. The molecule has 13 heteroatoms. The zero-order valence-corrected chi connectivity index (χ0v) is 20.3. The van der Waals surface area contributed by atoms with E-state index in [0.29, 0.717) is 0 Å². The van der Waals surface area contributed by atoms with E-state index in [9.17, 15) is 31.2 Å². The van der Waals surface area contributed by atoms with Gasteiger partial charge in [0.25, 0.3) is 21.8 Å². The van der Waals surface area contributed by atoms with E-state index in [1.165, 1.54) is 37.5 Å². The van der Waals surface area contributed by atoms with Crippen molar-refractivity contribution in [1.82, 2.24) is 4.90 Å². The first kappa shape index (κ1) is 26.8. The van der Waals surface area contributed by atoms with Crippen LogP contribution >= 0.6 is 11.6 Å². The number of ether oxygens (including phenoxy) is 2. The van der Waals surface area contributed by atoms with Gasteiger partial charge in [0.15, 0.2) is 0 Å². The molecule has 1 aliphatic heterocycles. The largest absolute Gasteiger partial charge is 0.573 e. The summed E-state index contributed by atoms with van der Waals surface area (Å²) < 4.78 is 73.9. The van der Waals surface area contributed by atoms with E-state index >= 15 is 0 Å². The van der Waals surface area contributed by atoms with E-state index in [-0.39, 0.29) is 33.3 Å². The quantitative estimate of drug-likeness (QED) is 0.277. The molecule has 2 amide bonds. The third kappa shape index (κ3) is 5.39. The summed E-state index contributed by atoms with van der Waals surface area (Å²) in [4.78, 5) is 26.8. The van der Waals surface area contributed by atoms with Crippen molar-refractivity contribution >= 4 is 39.1 Å². The van der Waals surface area contributed by atoms with Gasteiger partial charge in [0.2, 0.25) is 0 Å². The molecule has 36 heavy (non-hydrogen) atoms. The molecule has 190 valence electrons. The average Bonchev–Trinajstić information content (AvgIpc) is 3.07. The lowest BCUT2D eigenvalue weighted by Crippen LogP contribution is -2.28. The molecule has 0 unspecified atom stereocenters. The van der Waals surface area contributed by atoms with E-state index in [0.717, 1.165) is 29.2 Å². The van der Waals surface area contributed by atoms with Crippen LogP contribution in [0, 0.1) is 0 Å². The number of imide groups is 1. The standard InChI is InChI=1S/C23H18ClF3N2O6S/c1-4-13(12-14(5-2)34-3)29-21(30)19-17(24)10-11-18(20(19)22(29)31)28-36(32,33)16-8-6-15(7-9-16)35-23(25,26)27/h4-12,28H,2H2,1,3H3/b13-4+,14-12+. The Morgan fingerprint density at radius 1 is 1.08 bits per heavy atom. The Hall–Kier alpha value is -3.77. The van der Waals surface area contributed by atoms with Crippen molar-refractivity contribution < 1.29 is 40.7 Å². The zero-order valence-electron chi connectivity index (χ0n) is 18.7. The number of rotatable bonds is 8. The van der Waals surface area contributed by atoms with Crippen LogP contribution in [0.1, 0.15) is 27.6 Å². The Kier molecular flexibility index (Phi) is 7.51. The second-order valence-corrected chi connectivity index (χ2v) is 9.17. The van der Waals surface area contributed by atoms with E-state index in [2.05, 4.69) is 16.0 Å². The number of carbonyl (C=O) groups is 2. The fraction of sp³-hybridized carbons (Fsp3) is 0.130. The van der Waals surface area contributed by atoms with Gasteiger partial charge in [-0.2, -0.15) is 0 Å². The Morgan fingerprint density at radius 3 is 2.22 bits per heavy atom. The number of alkyl halides is 3. The van der Waals surface area contributed by atoms with E-state index < -0.39 is 38.8 Å². The first-order chi connectivity index (χ1) is 16.8. The fourth-order valence-corrected chi connectivity index (χ4v) is 4.60. The molecule has 8 nitrogen and oxygen atoms in total. The van der Waals surface area contributed by atoms with Crippen molar-refractivity contribution in [3.05, 3.63) is 88.8 Å². The van der Waals surface area contributed by atoms with Crippen molar-refractivity contribution in [2.45, 2.75) is 18.2 Å². The summed E-state index contributed by atoms with van der Waals surface area (Å²) in [5, 5.41) is -0.0856. The van der Waals surface area contributed by atoms with Crippen LogP contribution in [0.3, 0.4) is 0 Å². The Labute approximate surface area is 209 Å². The molecule has 0 radical (unpaired) electrons. The lowest BCUT2D eigenvalue weighted by atomic mass is 10.1. The van der Waals surface area contributed by atoms with Crippen molar-refractivity contribution in [3.8, 4) is 5.75 Å². The van der Waals surface area contributed by atoms with Gasteiger partial charge in [0.05, 0.1) is 39.5 Å². The minimum absolute atomic E-state index is 0.0856. The smallest absolute Gasteiger partial charge is 0.497 e. The molecule has 2 aromatic rings. The van der Waals surface area contributed by atoms with Gasteiger partial charge < -0.3 is 9.47 Å². The molecule has 1 aliphatic rings. The molecule has 3 rings (SSSR count). The van der Waals surface area contributed by atoms with Crippen LogP contribution in [-0.4, -0.2) is 38.6 Å². The number of halogens is 4. The van der Waals surface area contributed by atoms with Gasteiger partial charge in [-0.1, -0.05) is 24.3 Å². The minimum atomic E-state index is -4.95. The van der Waals surface area contributed by atoms with Gasteiger partial charge >= 0.3 is 6.36 Å². The van der Waals surface area contributed by atoms with E-state index in [4.69, 9.17) is 16.3 Å². The topological polar surface area (TPSA) is 102 Å². The van der Waals surface area contributed by atoms with Crippen LogP contribution in [0.2, 0.25) is 5.02 Å². The Morgan fingerprint density at radius 2 is 1.69 bits per heavy atom. The maximum atomic E-state index is 13.3. The second-order valence-electron chi connectivity index (χ2n) is 7.08. The molecule has 0 aliphatic carbocycles. The highest BCUT2D eigenvalue weighted by molar-refractivity contribution is 7.92. The van der Waals surface area contributed by atoms with Gasteiger partial charge in [-0.25, -0.2) is 13.3 Å². The molecule has 0 aromatic heterocycles. The molecule has 0 spiro atoms. The van der Waals surface area contributed by atoms with Crippen molar-refractivity contribution in [2.24, 2.45) is 0 Å². The summed E-state index contributed by atoms with van der Waals surface area (Å²) in [7, 11) is -3.02. The molecule has 1 heterocycles. The van der Waals surface area contributed by atoms with Crippen LogP contribution in [0.15, 0.2) is 77.6 Å². The van der Waals surface area contributed by atoms with E-state index in [1.807, 2.05) is 0 Å². The highest BCUT2D eigenvalue weighted by Crippen LogP contribution is 2.37. The van der Waals surface area contributed by atoms with Crippen molar-refractivity contribution in [3.63, 3.8) is 0 Å². The molecule has 1 N–H and O–H groups in total. The molecule has 2 aromatic carbocycles. The maximum absolute atomic E-state index is 13.3. The number of nitrogens with zero attached hydrogens (tertiary/aromatic N) is 1. The van der Waals surface area contributed by atoms with Gasteiger partial charge in [0.1, 0.15) is 11.5 Å². The zero-order chi connectivity index (χ0) is 26.8. The van der Waals surface area contributed by atoms with Crippen LogP contribution in [0.4, 0.5) is 18.9 Å². The predicted molar refractivity (Wildman–Crippen MR) is 125 cm³/mol. The summed E-state index contributed by atoms with van der Waals surface area (Å²) in [6.07, 6.45) is -0.735. The Bertz CT molecular complexity index is 1400. The first-order valence-corrected chi connectivity index (χ1v) is 11.8. The number of allylic oxidation sites excluding steroid dienone is 3. The average molecular weight is 543 g/mol. The number of methoxy groups -OCH3 is 1. The third-order valence-corrected chi connectivity index (χ3v) is 6.58. The Balaban J connectivity index is 2.00. The minimum Gasteiger partial charge on any atom is -0.497 e. The summed E-state index contributed by atoms with van der Waals surface area (Å²) in [5.74, 6) is -2.01. The van der Waals surface area contributed by atoms with Crippen molar-refractivity contribution in [1.29, 1.82) is 0 Å². The summed E-state index contributed by atoms with van der Waals surface area (Å²) in [6.45, 7) is 5.15.